The Morgan fingerprint density at radius 3 is 1.30 bits per heavy atom. The molecule has 4 aromatic rings. The number of benzene rings is 4. The largest absolute Gasteiger partial charge is 0.744 e. The molecule has 0 aliphatic carbocycles. The van der Waals surface area contributed by atoms with Crippen LogP contribution in [-0.2, 0) is 20.9 Å². The Hall–Kier alpha value is -2.98. The zero-order valence-electron chi connectivity index (χ0n) is 27.4. The van der Waals surface area contributed by atoms with Crippen molar-refractivity contribution in [2.75, 3.05) is 6.16 Å². The third-order valence-electron chi connectivity index (χ3n) is 7.93. The first-order valence-electron chi connectivity index (χ1n) is 15.5. The number of phenolic OH excluding ortho intramolecular Hbond substituents is 1. The van der Waals surface area contributed by atoms with Crippen LogP contribution in [0.15, 0.2) is 108 Å². The highest BCUT2D eigenvalue weighted by Gasteiger charge is 2.44. The van der Waals surface area contributed by atoms with Gasteiger partial charge >= 0.3 is 0 Å². The second kappa shape index (κ2) is 14.9. The number of hydrogen-bond acceptors (Lipinski definition) is 4. The van der Waals surface area contributed by atoms with Crippen LogP contribution >= 0.6 is 7.26 Å². The van der Waals surface area contributed by atoms with E-state index in [1.165, 1.54) is 59.9 Å². The van der Waals surface area contributed by atoms with Gasteiger partial charge in [-0.25, -0.2) is 8.42 Å². The van der Waals surface area contributed by atoms with Crippen LogP contribution in [0.5, 0.6) is 5.75 Å². The maximum absolute atomic E-state index is 11.3. The molecule has 0 aliphatic rings. The fraction of sp³-hybridized carbons (Fsp3) is 0.368. The maximum atomic E-state index is 11.3. The lowest BCUT2D eigenvalue weighted by Crippen LogP contribution is -2.33. The SMILES string of the molecule is CC(C)(C)c1cc(S(=O)(=O)[O-])cc(C(C)(C)C)c1O.CCCCCC[P+](c1ccccc1)(c1ccccc1)c1ccccc1. The molecule has 0 unspecified atom stereocenters. The van der Waals surface area contributed by atoms with E-state index in [9.17, 15) is 18.1 Å². The Labute approximate surface area is 266 Å². The monoisotopic (exact) mass is 632 g/mol. The average molecular weight is 633 g/mol. The summed E-state index contributed by atoms with van der Waals surface area (Å²) in [5.74, 6) is 0.0624. The van der Waals surface area contributed by atoms with Crippen LogP contribution < -0.4 is 15.9 Å². The van der Waals surface area contributed by atoms with E-state index in [1.807, 2.05) is 41.5 Å². The molecule has 0 fully saturated rings. The van der Waals surface area contributed by atoms with E-state index in [2.05, 4.69) is 97.9 Å². The van der Waals surface area contributed by atoms with Crippen molar-refractivity contribution in [2.45, 2.75) is 89.9 Å². The quantitative estimate of drug-likeness (QED) is 0.114. The Balaban J connectivity index is 0.000000251. The van der Waals surface area contributed by atoms with Gasteiger partial charge in [-0.15, -0.1) is 0 Å². The first kappa shape index (κ1) is 35.5. The van der Waals surface area contributed by atoms with Gasteiger partial charge in [-0.2, -0.15) is 0 Å². The third-order valence-corrected chi connectivity index (χ3v) is 13.3. The number of unbranched alkanes of at least 4 members (excludes halogenated alkanes) is 3. The van der Waals surface area contributed by atoms with Crippen molar-refractivity contribution in [1.82, 2.24) is 0 Å². The lowest BCUT2D eigenvalue weighted by atomic mass is 9.79. The third kappa shape index (κ3) is 8.81. The van der Waals surface area contributed by atoms with E-state index in [4.69, 9.17) is 0 Å². The highest BCUT2D eigenvalue weighted by molar-refractivity contribution is 7.95. The Morgan fingerprint density at radius 2 is 1.00 bits per heavy atom. The predicted octanol–water partition coefficient (Wildman–Crippen LogP) is 8.45. The molecule has 0 amide bonds. The molecule has 0 atom stereocenters. The summed E-state index contributed by atoms with van der Waals surface area (Å²) in [5, 5.41) is 14.9. The molecule has 0 bridgehead atoms. The van der Waals surface area contributed by atoms with Crippen LogP contribution in [0.25, 0.3) is 0 Å². The van der Waals surface area contributed by atoms with Crippen molar-refractivity contribution in [3.63, 3.8) is 0 Å². The average Bonchev–Trinajstić information content (AvgIpc) is 2.97. The summed E-state index contributed by atoms with van der Waals surface area (Å²) in [6, 6.07) is 36.2. The molecular weight excluding hydrogens is 583 g/mol. The van der Waals surface area contributed by atoms with Crippen LogP contribution in [0, 0.1) is 0 Å². The first-order valence-corrected chi connectivity index (χ1v) is 18.9. The van der Waals surface area contributed by atoms with Crippen LogP contribution in [-0.4, -0.2) is 24.2 Å². The summed E-state index contributed by atoms with van der Waals surface area (Å²) in [4.78, 5) is -0.292. The van der Waals surface area contributed by atoms with Crippen molar-refractivity contribution in [1.29, 1.82) is 0 Å². The fourth-order valence-electron chi connectivity index (χ4n) is 5.55. The normalized spacial score (nSPS) is 12.4. The molecular formula is C38H49O4PS. The highest BCUT2D eigenvalue weighted by atomic mass is 32.2. The lowest BCUT2D eigenvalue weighted by Gasteiger charge is -2.28. The predicted molar refractivity (Wildman–Crippen MR) is 188 cm³/mol. The van der Waals surface area contributed by atoms with Crippen molar-refractivity contribution >= 4 is 33.3 Å². The van der Waals surface area contributed by atoms with Gasteiger partial charge in [-0.1, -0.05) is 116 Å². The molecule has 0 aliphatic heterocycles. The molecule has 4 nitrogen and oxygen atoms in total. The molecule has 4 aromatic carbocycles. The maximum Gasteiger partial charge on any atom is 0.124 e. The number of phenols is 1. The summed E-state index contributed by atoms with van der Waals surface area (Å²) in [6.07, 6.45) is 6.49. The molecule has 0 heterocycles. The van der Waals surface area contributed by atoms with Gasteiger partial charge in [0.1, 0.15) is 39.0 Å². The Morgan fingerprint density at radius 1 is 0.636 bits per heavy atom. The molecule has 0 saturated heterocycles. The van der Waals surface area contributed by atoms with Crippen LogP contribution in [0.4, 0.5) is 0 Å². The van der Waals surface area contributed by atoms with E-state index in [-0.39, 0.29) is 10.6 Å². The second-order valence-electron chi connectivity index (χ2n) is 13.4. The van der Waals surface area contributed by atoms with Gasteiger partial charge in [0.25, 0.3) is 0 Å². The van der Waals surface area contributed by atoms with Crippen LogP contribution in [0.3, 0.4) is 0 Å². The van der Waals surface area contributed by atoms with Crippen molar-refractivity contribution in [2.24, 2.45) is 0 Å². The Bertz CT molecular complexity index is 1440. The standard InChI is InChI=1S/C24H28P.C14H22O4S/c1-2-3-4-14-21-25(22-15-8-5-9-16-22,23-17-10-6-11-18-23)24-19-12-7-13-20-24;1-13(2,3)10-7-9(19(16,17)18)8-11(12(10)15)14(4,5)6/h5-13,15-20H,2-4,14,21H2,1H3;7-8,15H,1-6H3,(H,16,17,18)/q+1;/p-1. The number of hydrogen-bond donors (Lipinski definition) is 1. The lowest BCUT2D eigenvalue weighted by molar-refractivity contribution is 0.420. The highest BCUT2D eigenvalue weighted by Crippen LogP contribution is 2.56. The summed E-state index contributed by atoms with van der Waals surface area (Å²) >= 11 is 0. The number of rotatable bonds is 9. The summed E-state index contributed by atoms with van der Waals surface area (Å²) in [5.41, 5.74) is 0.0268. The molecule has 0 aromatic heterocycles. The van der Waals surface area contributed by atoms with E-state index < -0.39 is 28.2 Å². The van der Waals surface area contributed by atoms with Crippen LogP contribution in [0.2, 0.25) is 0 Å². The zero-order valence-corrected chi connectivity index (χ0v) is 29.1. The summed E-state index contributed by atoms with van der Waals surface area (Å²) in [6.45, 7) is 13.4. The minimum atomic E-state index is -4.55. The molecule has 0 saturated carbocycles. The van der Waals surface area contributed by atoms with Crippen molar-refractivity contribution in [3.8, 4) is 5.75 Å². The summed E-state index contributed by atoms with van der Waals surface area (Å²) < 4.78 is 33.8. The van der Waals surface area contributed by atoms with E-state index in [0.29, 0.717) is 11.1 Å². The van der Waals surface area contributed by atoms with Gasteiger partial charge in [-0.05, 0) is 72.2 Å². The molecule has 1 N–H and O–H groups in total. The zero-order chi connectivity index (χ0) is 32.6. The molecule has 4 rings (SSSR count). The van der Waals surface area contributed by atoms with Crippen molar-refractivity contribution in [3.05, 3.63) is 114 Å². The van der Waals surface area contributed by atoms with Gasteiger partial charge in [0.15, 0.2) is 0 Å². The van der Waals surface area contributed by atoms with Crippen LogP contribution in [0.1, 0.15) is 85.3 Å². The van der Waals surface area contributed by atoms with E-state index in [0.717, 1.165) is 0 Å². The molecule has 0 radical (unpaired) electrons. The molecule has 44 heavy (non-hydrogen) atoms. The van der Waals surface area contributed by atoms with Gasteiger partial charge in [-0.3, -0.25) is 0 Å². The smallest absolute Gasteiger partial charge is 0.124 e. The fourth-order valence-corrected chi connectivity index (χ4v) is 10.5. The van der Waals surface area contributed by atoms with E-state index in [1.54, 1.807) is 0 Å². The van der Waals surface area contributed by atoms with E-state index >= 15 is 0 Å². The van der Waals surface area contributed by atoms with Gasteiger partial charge in [0.05, 0.1) is 11.1 Å². The Kier molecular flexibility index (Phi) is 12.0. The van der Waals surface area contributed by atoms with Gasteiger partial charge in [0.2, 0.25) is 0 Å². The van der Waals surface area contributed by atoms with Gasteiger partial charge < -0.3 is 9.66 Å². The molecule has 0 spiro atoms. The topological polar surface area (TPSA) is 77.4 Å². The second-order valence-corrected chi connectivity index (χ2v) is 18.4. The number of aromatic hydroxyl groups is 1. The minimum Gasteiger partial charge on any atom is -0.744 e. The molecule has 236 valence electrons. The minimum absolute atomic E-state index is 0.0624. The van der Waals surface area contributed by atoms with Gasteiger partial charge in [0, 0.05) is 11.1 Å². The molecule has 6 heteroatoms. The van der Waals surface area contributed by atoms with Crippen molar-refractivity contribution < 1.29 is 18.1 Å². The summed E-state index contributed by atoms with van der Waals surface area (Å²) in [7, 11) is -6.14. The first-order chi connectivity index (χ1) is 20.6.